The SMILES string of the molecule is Cc1ccccc1S(=O)(=O)N1CCNC(=O)C1C. The number of nitrogens with one attached hydrogen (secondary N) is 1. The van der Waals surface area contributed by atoms with Crippen LogP contribution in [0.2, 0.25) is 0 Å². The molecule has 5 nitrogen and oxygen atoms in total. The fourth-order valence-electron chi connectivity index (χ4n) is 2.06. The monoisotopic (exact) mass is 268 g/mol. The van der Waals surface area contributed by atoms with Crippen LogP contribution in [0.5, 0.6) is 0 Å². The minimum Gasteiger partial charge on any atom is -0.353 e. The molecule has 0 saturated carbocycles. The zero-order valence-corrected chi connectivity index (χ0v) is 11.2. The van der Waals surface area contributed by atoms with Gasteiger partial charge in [0.2, 0.25) is 15.9 Å². The number of sulfonamides is 1. The average Bonchev–Trinajstić information content (AvgIpc) is 2.32. The number of nitrogens with zero attached hydrogens (tertiary/aromatic N) is 1. The second-order valence-corrected chi connectivity index (χ2v) is 6.21. The fourth-order valence-corrected chi connectivity index (χ4v) is 3.88. The predicted octanol–water partition coefficient (Wildman–Crippen LogP) is 0.504. The van der Waals surface area contributed by atoms with E-state index in [1.807, 2.05) is 0 Å². The van der Waals surface area contributed by atoms with Gasteiger partial charge in [-0.1, -0.05) is 18.2 Å². The third-order valence-electron chi connectivity index (χ3n) is 3.12. The number of amides is 1. The fraction of sp³-hybridized carbons (Fsp3) is 0.417. The molecule has 1 N–H and O–H groups in total. The maximum absolute atomic E-state index is 12.5. The summed E-state index contributed by atoms with van der Waals surface area (Å²) in [5, 5.41) is 2.65. The van der Waals surface area contributed by atoms with Crippen molar-refractivity contribution >= 4 is 15.9 Å². The van der Waals surface area contributed by atoms with Crippen LogP contribution in [0, 0.1) is 6.92 Å². The van der Waals surface area contributed by atoms with Crippen LogP contribution < -0.4 is 5.32 Å². The third kappa shape index (κ3) is 2.13. The molecule has 1 aromatic rings. The van der Waals surface area contributed by atoms with Crippen molar-refractivity contribution in [2.75, 3.05) is 13.1 Å². The molecule has 1 heterocycles. The lowest BCUT2D eigenvalue weighted by atomic mass is 10.2. The van der Waals surface area contributed by atoms with E-state index in [9.17, 15) is 13.2 Å². The van der Waals surface area contributed by atoms with Crippen molar-refractivity contribution in [3.8, 4) is 0 Å². The van der Waals surface area contributed by atoms with Crippen LogP contribution in [0.25, 0.3) is 0 Å². The first-order valence-electron chi connectivity index (χ1n) is 5.80. The van der Waals surface area contributed by atoms with E-state index in [1.54, 1.807) is 38.1 Å². The Hall–Kier alpha value is -1.40. The molecule has 1 atom stereocenters. The van der Waals surface area contributed by atoms with Gasteiger partial charge in [0.15, 0.2) is 0 Å². The summed E-state index contributed by atoms with van der Waals surface area (Å²) in [6.45, 7) is 4.02. The van der Waals surface area contributed by atoms with Crippen molar-refractivity contribution in [1.29, 1.82) is 0 Å². The second kappa shape index (κ2) is 4.70. The Bertz CT molecular complexity index is 568. The maximum atomic E-state index is 12.5. The van der Waals surface area contributed by atoms with Gasteiger partial charge in [-0.2, -0.15) is 4.31 Å². The van der Waals surface area contributed by atoms with Gasteiger partial charge in [0.05, 0.1) is 4.90 Å². The number of hydrogen-bond donors (Lipinski definition) is 1. The summed E-state index contributed by atoms with van der Waals surface area (Å²) in [5.41, 5.74) is 0.690. The molecule has 18 heavy (non-hydrogen) atoms. The topological polar surface area (TPSA) is 66.5 Å². The lowest BCUT2D eigenvalue weighted by Gasteiger charge is -2.32. The lowest BCUT2D eigenvalue weighted by Crippen LogP contribution is -2.55. The molecule has 6 heteroatoms. The molecule has 1 amide bonds. The lowest BCUT2D eigenvalue weighted by molar-refractivity contribution is -0.126. The summed E-state index contributed by atoms with van der Waals surface area (Å²) >= 11 is 0. The predicted molar refractivity (Wildman–Crippen MR) is 67.5 cm³/mol. The van der Waals surface area contributed by atoms with E-state index in [2.05, 4.69) is 5.32 Å². The third-order valence-corrected chi connectivity index (χ3v) is 5.25. The highest BCUT2D eigenvalue weighted by molar-refractivity contribution is 7.89. The molecule has 98 valence electrons. The number of aryl methyl sites for hydroxylation is 1. The quantitative estimate of drug-likeness (QED) is 0.849. The van der Waals surface area contributed by atoms with Gasteiger partial charge in [-0.05, 0) is 25.5 Å². The van der Waals surface area contributed by atoms with Crippen molar-refractivity contribution in [2.45, 2.75) is 24.8 Å². The van der Waals surface area contributed by atoms with E-state index in [4.69, 9.17) is 0 Å². The maximum Gasteiger partial charge on any atom is 0.244 e. The highest BCUT2D eigenvalue weighted by atomic mass is 32.2. The van der Waals surface area contributed by atoms with Gasteiger partial charge < -0.3 is 5.32 Å². The van der Waals surface area contributed by atoms with Crippen LogP contribution in [-0.2, 0) is 14.8 Å². The Kier molecular flexibility index (Phi) is 3.41. The summed E-state index contributed by atoms with van der Waals surface area (Å²) in [6, 6.07) is 6.14. The molecule has 0 aliphatic carbocycles. The summed E-state index contributed by atoms with van der Waals surface area (Å²) in [7, 11) is -3.60. The molecular formula is C12H16N2O3S. The van der Waals surface area contributed by atoms with Crippen LogP contribution in [0.15, 0.2) is 29.2 Å². The van der Waals surface area contributed by atoms with Crippen LogP contribution in [0.1, 0.15) is 12.5 Å². The highest BCUT2D eigenvalue weighted by Gasteiger charge is 2.35. The number of rotatable bonds is 2. The Labute approximate surface area is 107 Å². The number of carbonyl (C=O) groups excluding carboxylic acids is 1. The van der Waals surface area contributed by atoms with Gasteiger partial charge in [-0.25, -0.2) is 8.42 Å². The van der Waals surface area contributed by atoms with E-state index in [1.165, 1.54) is 4.31 Å². The van der Waals surface area contributed by atoms with Crippen molar-refractivity contribution in [2.24, 2.45) is 0 Å². The Morgan fingerprint density at radius 1 is 1.33 bits per heavy atom. The molecule has 1 aliphatic heterocycles. The van der Waals surface area contributed by atoms with E-state index in [0.717, 1.165) is 0 Å². The summed E-state index contributed by atoms with van der Waals surface area (Å²) in [6.07, 6.45) is 0. The van der Waals surface area contributed by atoms with Crippen LogP contribution >= 0.6 is 0 Å². The smallest absolute Gasteiger partial charge is 0.244 e. The van der Waals surface area contributed by atoms with Crippen molar-refractivity contribution in [3.63, 3.8) is 0 Å². The number of carbonyl (C=O) groups is 1. The summed E-state index contributed by atoms with van der Waals surface area (Å²) < 4.78 is 26.3. The molecule has 1 saturated heterocycles. The normalized spacial score (nSPS) is 21.7. The molecule has 1 fully saturated rings. The first kappa shape index (κ1) is 13.0. The summed E-state index contributed by atoms with van der Waals surface area (Å²) in [5.74, 6) is -0.251. The molecule has 0 bridgehead atoms. The standard InChI is InChI=1S/C12H16N2O3S/c1-9-5-3-4-6-11(9)18(16,17)14-8-7-13-12(15)10(14)2/h3-6,10H,7-8H2,1-2H3,(H,13,15). The minimum atomic E-state index is -3.60. The zero-order valence-electron chi connectivity index (χ0n) is 10.4. The molecule has 0 aromatic heterocycles. The largest absolute Gasteiger partial charge is 0.353 e. The van der Waals surface area contributed by atoms with E-state index in [0.29, 0.717) is 18.7 Å². The van der Waals surface area contributed by atoms with Gasteiger partial charge in [0.25, 0.3) is 0 Å². The molecule has 0 radical (unpaired) electrons. The van der Waals surface area contributed by atoms with E-state index < -0.39 is 16.1 Å². The molecule has 0 spiro atoms. The molecule has 1 unspecified atom stereocenters. The van der Waals surface area contributed by atoms with Gasteiger partial charge in [-0.3, -0.25) is 4.79 Å². The first-order valence-corrected chi connectivity index (χ1v) is 7.24. The second-order valence-electron chi connectivity index (χ2n) is 4.35. The van der Waals surface area contributed by atoms with Gasteiger partial charge >= 0.3 is 0 Å². The highest BCUT2D eigenvalue weighted by Crippen LogP contribution is 2.22. The number of piperazine rings is 1. The molecular weight excluding hydrogens is 252 g/mol. The van der Waals surface area contributed by atoms with Gasteiger partial charge in [0.1, 0.15) is 6.04 Å². The molecule has 1 aliphatic rings. The molecule has 2 rings (SSSR count). The Balaban J connectivity index is 2.43. The van der Waals surface area contributed by atoms with Crippen molar-refractivity contribution in [1.82, 2.24) is 9.62 Å². The zero-order chi connectivity index (χ0) is 13.3. The van der Waals surface area contributed by atoms with Crippen LogP contribution in [-0.4, -0.2) is 37.8 Å². The minimum absolute atomic E-state index is 0.251. The van der Waals surface area contributed by atoms with Gasteiger partial charge in [-0.15, -0.1) is 0 Å². The van der Waals surface area contributed by atoms with Crippen molar-refractivity contribution in [3.05, 3.63) is 29.8 Å². The average molecular weight is 268 g/mol. The van der Waals surface area contributed by atoms with Crippen molar-refractivity contribution < 1.29 is 13.2 Å². The summed E-state index contributed by atoms with van der Waals surface area (Å²) in [4.78, 5) is 11.8. The Morgan fingerprint density at radius 3 is 2.67 bits per heavy atom. The van der Waals surface area contributed by atoms with Gasteiger partial charge in [0, 0.05) is 13.1 Å². The van der Waals surface area contributed by atoms with E-state index >= 15 is 0 Å². The van der Waals surface area contributed by atoms with Crippen LogP contribution in [0.3, 0.4) is 0 Å². The number of benzene rings is 1. The molecule has 1 aromatic carbocycles. The Morgan fingerprint density at radius 2 is 2.00 bits per heavy atom. The number of hydrogen-bond acceptors (Lipinski definition) is 3. The first-order chi connectivity index (χ1) is 8.44. The van der Waals surface area contributed by atoms with E-state index in [-0.39, 0.29) is 10.8 Å². The van der Waals surface area contributed by atoms with Crippen LogP contribution in [0.4, 0.5) is 0 Å².